The fraction of sp³-hybridized carbons (Fsp3) is 0.185. The molecule has 0 bridgehead atoms. The van der Waals surface area contributed by atoms with Gasteiger partial charge >= 0.3 is 0 Å². The van der Waals surface area contributed by atoms with Gasteiger partial charge in [0.25, 0.3) is 5.91 Å². The highest BCUT2D eigenvalue weighted by Crippen LogP contribution is 2.32. The van der Waals surface area contributed by atoms with Crippen molar-refractivity contribution in [2.24, 2.45) is 0 Å². The van der Waals surface area contributed by atoms with E-state index in [2.05, 4.69) is 31.5 Å². The summed E-state index contributed by atoms with van der Waals surface area (Å²) in [5, 5.41) is 20.5. The number of tetrazole rings is 1. The third kappa shape index (κ3) is 6.62. The number of thioether (sulfide) groups is 1. The number of benzene rings is 3. The molecule has 0 saturated heterocycles. The number of hydrogen-bond acceptors (Lipinski definition) is 7. The first kappa shape index (κ1) is 26.4. The van der Waals surface area contributed by atoms with Gasteiger partial charge in [-0.25, -0.2) is 4.68 Å². The normalized spacial score (nSPS) is 13.2. The fourth-order valence-corrected chi connectivity index (χ4v) is 5.25. The van der Waals surface area contributed by atoms with E-state index in [1.54, 1.807) is 24.3 Å². The van der Waals surface area contributed by atoms with Gasteiger partial charge < -0.3 is 16.0 Å². The SMILES string of the molecule is O=C1CSc2cc(C(=O)NC(Cc3ccccc3)C(=O)NCCc3cc(Cl)ccc3-n3cnnn3)ccc2N1. The number of aromatic nitrogens is 4. The summed E-state index contributed by atoms with van der Waals surface area (Å²) >= 11 is 7.58. The highest BCUT2D eigenvalue weighted by atomic mass is 35.5. The number of halogens is 1. The third-order valence-electron chi connectivity index (χ3n) is 6.11. The maximum atomic E-state index is 13.3. The monoisotopic (exact) mass is 561 g/mol. The zero-order valence-corrected chi connectivity index (χ0v) is 22.2. The molecule has 0 fully saturated rings. The zero-order valence-electron chi connectivity index (χ0n) is 20.6. The second-order valence-corrected chi connectivity index (χ2v) is 10.3. The molecular formula is C27H24ClN7O3S. The maximum absolute atomic E-state index is 13.3. The lowest BCUT2D eigenvalue weighted by Gasteiger charge is -2.20. The van der Waals surface area contributed by atoms with Crippen LogP contribution in [0.4, 0.5) is 5.69 Å². The number of carbonyl (C=O) groups excluding carboxylic acids is 3. The van der Waals surface area contributed by atoms with Crippen molar-refractivity contribution < 1.29 is 14.4 Å². The average molecular weight is 562 g/mol. The van der Waals surface area contributed by atoms with Crippen LogP contribution < -0.4 is 16.0 Å². The van der Waals surface area contributed by atoms with Crippen LogP contribution in [0.15, 0.2) is 78.0 Å². The molecule has 1 aliphatic rings. The molecule has 3 aromatic carbocycles. The molecule has 5 rings (SSSR count). The molecule has 0 aliphatic carbocycles. The number of fused-ring (bicyclic) bond motifs is 1. The lowest BCUT2D eigenvalue weighted by molar-refractivity contribution is -0.123. The van der Waals surface area contributed by atoms with Gasteiger partial charge in [-0.05, 0) is 64.4 Å². The highest BCUT2D eigenvalue weighted by Gasteiger charge is 2.23. The van der Waals surface area contributed by atoms with Crippen LogP contribution in [-0.4, -0.2) is 56.3 Å². The summed E-state index contributed by atoms with van der Waals surface area (Å²) in [6.07, 6.45) is 2.28. The highest BCUT2D eigenvalue weighted by molar-refractivity contribution is 8.00. The summed E-state index contributed by atoms with van der Waals surface area (Å²) in [6, 6.07) is 19.1. The van der Waals surface area contributed by atoms with Crippen LogP contribution in [0.3, 0.4) is 0 Å². The smallest absolute Gasteiger partial charge is 0.251 e. The Kier molecular flexibility index (Phi) is 8.18. The molecule has 3 amide bonds. The molecule has 1 unspecified atom stereocenters. The molecule has 12 heteroatoms. The number of nitrogens with zero attached hydrogens (tertiary/aromatic N) is 4. The maximum Gasteiger partial charge on any atom is 0.251 e. The van der Waals surface area contributed by atoms with Crippen molar-refractivity contribution in [3.63, 3.8) is 0 Å². The molecule has 198 valence electrons. The lowest BCUT2D eigenvalue weighted by Crippen LogP contribution is -2.48. The second kappa shape index (κ2) is 12.1. The Labute approximate surface area is 233 Å². The van der Waals surface area contributed by atoms with E-state index < -0.39 is 6.04 Å². The molecule has 0 saturated carbocycles. The van der Waals surface area contributed by atoms with Gasteiger partial charge in [-0.15, -0.1) is 16.9 Å². The Balaban J connectivity index is 1.28. The van der Waals surface area contributed by atoms with Crippen LogP contribution in [0.1, 0.15) is 21.5 Å². The molecule has 0 radical (unpaired) electrons. The number of carbonyl (C=O) groups is 3. The van der Waals surface area contributed by atoms with E-state index in [4.69, 9.17) is 11.6 Å². The molecule has 4 aromatic rings. The van der Waals surface area contributed by atoms with Crippen molar-refractivity contribution in [3.8, 4) is 5.69 Å². The van der Waals surface area contributed by atoms with E-state index in [1.165, 1.54) is 22.8 Å². The van der Waals surface area contributed by atoms with Crippen LogP contribution >= 0.6 is 23.4 Å². The van der Waals surface area contributed by atoms with Crippen molar-refractivity contribution in [2.45, 2.75) is 23.8 Å². The summed E-state index contributed by atoms with van der Waals surface area (Å²) < 4.78 is 1.54. The molecule has 1 aromatic heterocycles. The van der Waals surface area contributed by atoms with Crippen LogP contribution in [0.5, 0.6) is 0 Å². The van der Waals surface area contributed by atoms with Crippen molar-refractivity contribution in [1.29, 1.82) is 0 Å². The number of rotatable bonds is 9. The molecular weight excluding hydrogens is 538 g/mol. The standard InChI is InChI=1S/C27H24ClN7O3S/c28-20-7-9-23(35-16-30-33-34-35)18(13-20)10-11-29-27(38)22(12-17-4-2-1-3-5-17)32-26(37)19-6-8-21-24(14-19)39-15-25(36)31-21/h1-9,13-14,16,22H,10-12,15H2,(H,29,38)(H,31,36)(H,32,37). The van der Waals surface area contributed by atoms with Crippen LogP contribution in [-0.2, 0) is 22.4 Å². The zero-order chi connectivity index (χ0) is 27.2. The number of amides is 3. The van der Waals surface area contributed by atoms with Gasteiger partial charge in [-0.3, -0.25) is 14.4 Å². The van der Waals surface area contributed by atoms with E-state index in [1.807, 2.05) is 42.5 Å². The van der Waals surface area contributed by atoms with Gasteiger partial charge in [-0.1, -0.05) is 41.9 Å². The predicted molar refractivity (Wildman–Crippen MR) is 148 cm³/mol. The Morgan fingerprint density at radius 3 is 2.74 bits per heavy atom. The Hall–Kier alpha value is -4.22. The van der Waals surface area contributed by atoms with Crippen molar-refractivity contribution >= 4 is 46.8 Å². The average Bonchev–Trinajstić information content (AvgIpc) is 3.48. The molecule has 10 nitrogen and oxygen atoms in total. The summed E-state index contributed by atoms with van der Waals surface area (Å²) in [5.41, 5.74) is 3.62. The first-order valence-electron chi connectivity index (χ1n) is 12.2. The van der Waals surface area contributed by atoms with Gasteiger partial charge in [0.05, 0.1) is 17.1 Å². The molecule has 39 heavy (non-hydrogen) atoms. The number of hydrogen-bond donors (Lipinski definition) is 3. The minimum absolute atomic E-state index is 0.0767. The Morgan fingerprint density at radius 1 is 1.10 bits per heavy atom. The Bertz CT molecular complexity index is 1500. The van der Waals surface area contributed by atoms with E-state index in [0.717, 1.165) is 21.7 Å². The van der Waals surface area contributed by atoms with Gasteiger partial charge in [0.1, 0.15) is 12.4 Å². The van der Waals surface area contributed by atoms with Crippen molar-refractivity contribution in [1.82, 2.24) is 30.8 Å². The Morgan fingerprint density at radius 2 is 1.95 bits per heavy atom. The molecule has 3 N–H and O–H groups in total. The van der Waals surface area contributed by atoms with E-state index in [0.29, 0.717) is 41.4 Å². The first-order valence-corrected chi connectivity index (χ1v) is 13.5. The van der Waals surface area contributed by atoms with Gasteiger partial charge in [0.2, 0.25) is 11.8 Å². The van der Waals surface area contributed by atoms with Crippen LogP contribution in [0.2, 0.25) is 5.02 Å². The van der Waals surface area contributed by atoms with Crippen LogP contribution in [0, 0.1) is 0 Å². The van der Waals surface area contributed by atoms with Gasteiger partial charge in [-0.2, -0.15) is 0 Å². The lowest BCUT2D eigenvalue weighted by atomic mass is 10.0. The summed E-state index contributed by atoms with van der Waals surface area (Å²) in [5.74, 6) is -0.467. The molecule has 0 spiro atoms. The summed E-state index contributed by atoms with van der Waals surface area (Å²) in [7, 11) is 0. The fourth-order valence-electron chi connectivity index (χ4n) is 4.21. The number of anilines is 1. The van der Waals surface area contributed by atoms with Gasteiger partial charge in [0.15, 0.2) is 0 Å². The summed E-state index contributed by atoms with van der Waals surface area (Å²) in [6.45, 7) is 0.310. The molecule has 1 aliphatic heterocycles. The summed E-state index contributed by atoms with van der Waals surface area (Å²) in [4.78, 5) is 38.9. The third-order valence-corrected chi connectivity index (χ3v) is 7.40. The van der Waals surface area contributed by atoms with E-state index in [9.17, 15) is 14.4 Å². The first-order chi connectivity index (χ1) is 19.0. The van der Waals surface area contributed by atoms with Crippen molar-refractivity contribution in [3.05, 3.63) is 94.8 Å². The van der Waals surface area contributed by atoms with Crippen molar-refractivity contribution in [2.75, 3.05) is 17.6 Å². The largest absolute Gasteiger partial charge is 0.354 e. The number of nitrogens with one attached hydrogen (secondary N) is 3. The second-order valence-electron chi connectivity index (χ2n) is 8.83. The minimum Gasteiger partial charge on any atom is -0.354 e. The van der Waals surface area contributed by atoms with Crippen LogP contribution in [0.25, 0.3) is 5.69 Å². The van der Waals surface area contributed by atoms with Gasteiger partial charge in [0, 0.05) is 28.4 Å². The minimum atomic E-state index is -0.804. The predicted octanol–water partition coefficient (Wildman–Crippen LogP) is 3.06. The van der Waals surface area contributed by atoms with E-state index >= 15 is 0 Å². The van der Waals surface area contributed by atoms with E-state index in [-0.39, 0.29) is 17.7 Å². The molecule has 1 atom stereocenters. The topological polar surface area (TPSA) is 131 Å². The molecule has 2 heterocycles. The quantitative estimate of drug-likeness (QED) is 0.286.